The Bertz CT molecular complexity index is 48.6. The molecule has 0 aliphatic rings. The van der Waals surface area contributed by atoms with E-state index in [0.717, 1.165) is 0 Å². The van der Waals surface area contributed by atoms with Gasteiger partial charge in [0.15, 0.2) is 0 Å². The molecule has 0 heterocycles. The average Bonchev–Trinajstić information content (AvgIpc) is 1.30. The molecule has 1 nitrogen and oxygen atoms in total. The molecule has 0 amide bonds. The lowest BCUT2D eigenvalue weighted by molar-refractivity contribution is -0.367. The zero-order chi connectivity index (χ0) is 5.91. The van der Waals surface area contributed by atoms with Crippen LogP contribution in [0.2, 0.25) is 0 Å². The van der Waals surface area contributed by atoms with Crippen LogP contribution < -0.4 is 5.73 Å². The Kier molecular flexibility index (Phi) is 0.723. The van der Waals surface area contributed by atoms with Gasteiger partial charge in [-0.05, 0) is 6.42 Å². The van der Waals surface area contributed by atoms with E-state index in [1.807, 2.05) is 0 Å². The van der Waals surface area contributed by atoms with Crippen LogP contribution in [-0.4, -0.2) is 6.54 Å². The zero-order valence-corrected chi connectivity index (χ0v) is 2.62. The molecule has 0 radical (unpaired) electrons. The van der Waals surface area contributed by atoms with Crippen LogP contribution >= 0.6 is 0 Å². The maximum atomic E-state index is 6.63. The van der Waals surface area contributed by atoms with E-state index in [1.165, 1.54) is 0 Å². The van der Waals surface area contributed by atoms with Crippen LogP contribution in [0, 0.1) is 0 Å². The third-order valence-electron chi connectivity index (χ3n) is 0.177. The van der Waals surface area contributed by atoms with Crippen molar-refractivity contribution >= 4 is 0 Å². The minimum atomic E-state index is -1.76. The Morgan fingerprint density at radius 2 is 3.00 bits per heavy atom. The van der Waals surface area contributed by atoms with Gasteiger partial charge in [0, 0.05) is 4.11 Å². The van der Waals surface area contributed by atoms with Gasteiger partial charge < -0.3 is 5.73 Å². The van der Waals surface area contributed by atoms with Crippen molar-refractivity contribution in [1.82, 2.24) is 0 Å². The van der Waals surface area contributed by atoms with Crippen molar-refractivity contribution < 1.29 is 9.85 Å². The highest BCUT2D eigenvalue weighted by atomic mass is 14.5. The standard InChI is InChI=1S/C3H9N/c1-2-3-4/h2-4H2,1H3/p+1/i1D3. The maximum Gasteiger partial charge on any atom is 0.0737 e. The fraction of sp³-hybridized carbons (Fsp3) is 1.00. The molecule has 0 spiro atoms. The van der Waals surface area contributed by atoms with Crippen molar-refractivity contribution in [2.75, 3.05) is 6.54 Å². The quantitative estimate of drug-likeness (QED) is 0.430. The summed E-state index contributed by atoms with van der Waals surface area (Å²) in [6.07, 6.45) is 0.229. The van der Waals surface area contributed by atoms with E-state index in [-0.39, 0.29) is 6.42 Å². The van der Waals surface area contributed by atoms with E-state index in [2.05, 4.69) is 5.73 Å². The van der Waals surface area contributed by atoms with Gasteiger partial charge in [0.25, 0.3) is 0 Å². The molecule has 0 aromatic rings. The van der Waals surface area contributed by atoms with Crippen molar-refractivity contribution in [3.8, 4) is 0 Å². The molecular formula is C3H10N+. The molecule has 0 aliphatic heterocycles. The number of rotatable bonds is 1. The molecule has 0 atom stereocenters. The predicted molar refractivity (Wildman–Crippen MR) is 18.0 cm³/mol. The molecule has 0 saturated carbocycles. The topological polar surface area (TPSA) is 27.6 Å². The molecule has 26 valence electrons. The van der Waals surface area contributed by atoms with E-state index in [9.17, 15) is 0 Å². The molecule has 0 aromatic heterocycles. The fourth-order valence-corrected chi connectivity index (χ4v) is 0. The van der Waals surface area contributed by atoms with E-state index >= 15 is 0 Å². The van der Waals surface area contributed by atoms with Crippen molar-refractivity contribution in [2.24, 2.45) is 0 Å². The molecule has 0 fully saturated rings. The zero-order valence-electron chi connectivity index (χ0n) is 5.62. The van der Waals surface area contributed by atoms with Gasteiger partial charge in [-0.25, -0.2) is 0 Å². The lowest BCUT2D eigenvalue weighted by Gasteiger charge is -1.66. The van der Waals surface area contributed by atoms with Gasteiger partial charge in [0.05, 0.1) is 6.54 Å². The molecule has 0 aromatic carbocycles. The molecular weight excluding hydrogens is 50.0 g/mol. The number of hydrogen-bond donors (Lipinski definition) is 1. The minimum Gasteiger partial charge on any atom is -0.358 e. The van der Waals surface area contributed by atoms with Crippen molar-refractivity contribution in [3.63, 3.8) is 0 Å². The van der Waals surface area contributed by atoms with Crippen LogP contribution in [0.5, 0.6) is 0 Å². The SMILES string of the molecule is [2H]C([2H])([2H])CC[NH3+]. The van der Waals surface area contributed by atoms with Crippen LogP contribution in [0.1, 0.15) is 17.4 Å². The van der Waals surface area contributed by atoms with Crippen LogP contribution in [-0.2, 0) is 0 Å². The summed E-state index contributed by atoms with van der Waals surface area (Å²) in [6, 6.07) is 0. The summed E-state index contributed by atoms with van der Waals surface area (Å²) >= 11 is 0. The van der Waals surface area contributed by atoms with Gasteiger partial charge in [-0.1, -0.05) is 6.85 Å². The van der Waals surface area contributed by atoms with Gasteiger partial charge in [-0.15, -0.1) is 0 Å². The molecule has 1 heteroatoms. The summed E-state index contributed by atoms with van der Waals surface area (Å²) in [5.74, 6) is 0. The Balaban J connectivity index is 3.15. The second kappa shape index (κ2) is 2.96. The van der Waals surface area contributed by atoms with Crippen LogP contribution in [0.3, 0.4) is 0 Å². The van der Waals surface area contributed by atoms with E-state index in [1.54, 1.807) is 0 Å². The van der Waals surface area contributed by atoms with Gasteiger partial charge >= 0.3 is 0 Å². The van der Waals surface area contributed by atoms with Gasteiger partial charge in [0.1, 0.15) is 0 Å². The molecule has 4 heavy (non-hydrogen) atoms. The van der Waals surface area contributed by atoms with Crippen molar-refractivity contribution in [2.45, 2.75) is 13.3 Å². The lowest BCUT2D eigenvalue weighted by Crippen LogP contribution is -2.49. The first-order chi connectivity index (χ1) is 3.06. The number of hydrogen-bond acceptors (Lipinski definition) is 0. The van der Waals surface area contributed by atoms with Crippen molar-refractivity contribution in [3.05, 3.63) is 0 Å². The summed E-state index contributed by atoms with van der Waals surface area (Å²) in [7, 11) is 0. The first kappa shape index (κ1) is 0.977. The molecule has 3 N–H and O–H groups in total. The van der Waals surface area contributed by atoms with E-state index in [4.69, 9.17) is 4.11 Å². The normalized spacial score (nSPS) is 21.8. The third kappa shape index (κ3) is 1.96. The van der Waals surface area contributed by atoms with Gasteiger partial charge in [-0.3, -0.25) is 0 Å². The Hall–Kier alpha value is -0.0400. The van der Waals surface area contributed by atoms with Crippen molar-refractivity contribution in [1.29, 1.82) is 0 Å². The highest BCUT2D eigenvalue weighted by Gasteiger charge is 1.59. The number of quaternary nitrogens is 1. The van der Waals surface area contributed by atoms with Gasteiger partial charge in [-0.2, -0.15) is 0 Å². The summed E-state index contributed by atoms with van der Waals surface area (Å²) in [4.78, 5) is 0. The van der Waals surface area contributed by atoms with Crippen LogP contribution in [0.15, 0.2) is 0 Å². The van der Waals surface area contributed by atoms with E-state index < -0.39 is 6.85 Å². The van der Waals surface area contributed by atoms with Crippen LogP contribution in [0.4, 0.5) is 0 Å². The summed E-state index contributed by atoms with van der Waals surface area (Å²) < 4.78 is 19.9. The largest absolute Gasteiger partial charge is 0.358 e. The molecule has 0 aliphatic carbocycles. The highest BCUT2D eigenvalue weighted by molar-refractivity contribution is 4.07. The predicted octanol–water partition coefficient (Wildman–Crippen LogP) is -0.362. The molecule has 0 unspecified atom stereocenters. The smallest absolute Gasteiger partial charge is 0.0737 e. The summed E-state index contributed by atoms with van der Waals surface area (Å²) in [5.41, 5.74) is 3.41. The second-order valence-corrected chi connectivity index (χ2v) is 0.604. The third-order valence-corrected chi connectivity index (χ3v) is 0.177. The Labute approximate surface area is 31.0 Å². The monoisotopic (exact) mass is 63.1 g/mol. The molecule has 0 bridgehead atoms. The maximum absolute atomic E-state index is 6.63. The summed E-state index contributed by atoms with van der Waals surface area (Å²) in [5, 5.41) is 0. The fourth-order valence-electron chi connectivity index (χ4n) is 0. The average molecular weight is 63.1 g/mol. The van der Waals surface area contributed by atoms with Gasteiger partial charge in [0.2, 0.25) is 0 Å². The van der Waals surface area contributed by atoms with E-state index in [0.29, 0.717) is 6.54 Å². The Morgan fingerprint density at radius 3 is 3.00 bits per heavy atom. The second-order valence-electron chi connectivity index (χ2n) is 0.604. The highest BCUT2D eigenvalue weighted by Crippen LogP contribution is 1.54. The Morgan fingerprint density at radius 1 is 2.25 bits per heavy atom. The summed E-state index contributed by atoms with van der Waals surface area (Å²) in [6.45, 7) is -1.27. The molecule has 0 rings (SSSR count). The first-order valence-corrected chi connectivity index (χ1v) is 1.35. The molecule has 0 saturated heterocycles. The van der Waals surface area contributed by atoms with Crippen LogP contribution in [0.25, 0.3) is 0 Å². The first-order valence-electron chi connectivity index (χ1n) is 2.85. The minimum absolute atomic E-state index is 0.229. The lowest BCUT2D eigenvalue weighted by atomic mass is 10.5.